The molecule has 1 saturated heterocycles. The van der Waals surface area contributed by atoms with E-state index in [4.69, 9.17) is 4.74 Å². The highest BCUT2D eigenvalue weighted by atomic mass is 32.2. The Morgan fingerprint density at radius 2 is 1.94 bits per heavy atom. The van der Waals surface area contributed by atoms with Crippen LogP contribution in [0.15, 0.2) is 29.2 Å². The van der Waals surface area contributed by atoms with Crippen molar-refractivity contribution in [1.29, 1.82) is 0 Å². The number of hydrogen-bond donors (Lipinski definition) is 1. The van der Waals surface area contributed by atoms with Crippen molar-refractivity contribution in [2.24, 2.45) is 0 Å². The molecule has 1 N–H and O–H groups in total. The Morgan fingerprint density at radius 3 is 2.38 bits per heavy atom. The van der Waals surface area contributed by atoms with Crippen LogP contribution in [0.2, 0.25) is 0 Å². The summed E-state index contributed by atoms with van der Waals surface area (Å²) >= 11 is 0. The van der Waals surface area contributed by atoms with Crippen molar-refractivity contribution in [3.63, 3.8) is 0 Å². The molecule has 88 valence electrons. The molecule has 0 saturated carbocycles. The molecular formula is C11H15NO3S. The summed E-state index contributed by atoms with van der Waals surface area (Å²) in [6, 6.07) is 6.61. The largest absolute Gasteiger partial charge is 0.494 e. The summed E-state index contributed by atoms with van der Waals surface area (Å²) in [5, 5.41) is 2.69. The Hall–Kier alpha value is -1.07. The number of sulfone groups is 1. The highest BCUT2D eigenvalue weighted by molar-refractivity contribution is 7.92. The van der Waals surface area contributed by atoms with Crippen molar-refractivity contribution in [1.82, 2.24) is 5.32 Å². The highest BCUT2D eigenvalue weighted by Gasteiger charge is 2.32. The minimum Gasteiger partial charge on any atom is -0.494 e. The van der Waals surface area contributed by atoms with E-state index >= 15 is 0 Å². The van der Waals surface area contributed by atoms with Crippen LogP contribution in [0, 0.1) is 0 Å². The molecule has 1 heterocycles. The maximum absolute atomic E-state index is 12.0. The fraction of sp³-hybridized carbons (Fsp3) is 0.455. The molecule has 5 heteroatoms. The fourth-order valence-corrected chi connectivity index (χ4v) is 3.14. The lowest BCUT2D eigenvalue weighted by molar-refractivity contribution is 0.340. The van der Waals surface area contributed by atoms with Crippen molar-refractivity contribution >= 4 is 9.84 Å². The first kappa shape index (κ1) is 11.4. The average Bonchev–Trinajstić information content (AvgIpc) is 2.15. The SMILES string of the molecule is CCOc1ccc(S(=O)(=O)C2CNC2)cc1. The minimum absolute atomic E-state index is 0.273. The first-order valence-electron chi connectivity index (χ1n) is 5.32. The lowest BCUT2D eigenvalue weighted by Gasteiger charge is -2.26. The third kappa shape index (κ3) is 2.05. The smallest absolute Gasteiger partial charge is 0.183 e. The third-order valence-corrected chi connectivity index (χ3v) is 4.79. The molecule has 1 aliphatic heterocycles. The second kappa shape index (κ2) is 4.43. The molecule has 1 aromatic rings. The maximum atomic E-state index is 12.0. The zero-order valence-corrected chi connectivity index (χ0v) is 9.96. The van der Waals surface area contributed by atoms with Crippen LogP contribution in [-0.2, 0) is 9.84 Å². The van der Waals surface area contributed by atoms with E-state index in [1.165, 1.54) is 0 Å². The van der Waals surface area contributed by atoms with Crippen LogP contribution in [0.5, 0.6) is 5.75 Å². The van der Waals surface area contributed by atoms with E-state index in [1.807, 2.05) is 6.92 Å². The Bertz CT molecular complexity index is 449. The van der Waals surface area contributed by atoms with Crippen molar-refractivity contribution in [2.45, 2.75) is 17.1 Å². The fourth-order valence-electron chi connectivity index (χ4n) is 1.57. The summed E-state index contributed by atoms with van der Waals surface area (Å²) in [5.41, 5.74) is 0. The van der Waals surface area contributed by atoms with Gasteiger partial charge in [0.25, 0.3) is 0 Å². The lowest BCUT2D eigenvalue weighted by Crippen LogP contribution is -2.51. The van der Waals surface area contributed by atoms with Crippen LogP contribution in [0.25, 0.3) is 0 Å². The third-order valence-electron chi connectivity index (χ3n) is 2.65. The number of nitrogens with one attached hydrogen (secondary N) is 1. The predicted octanol–water partition coefficient (Wildman–Crippen LogP) is 0.831. The van der Waals surface area contributed by atoms with Crippen LogP contribution < -0.4 is 10.1 Å². The first-order valence-corrected chi connectivity index (χ1v) is 6.86. The maximum Gasteiger partial charge on any atom is 0.183 e. The van der Waals surface area contributed by atoms with Crippen molar-refractivity contribution < 1.29 is 13.2 Å². The minimum atomic E-state index is -3.15. The van der Waals surface area contributed by atoms with Gasteiger partial charge in [0.05, 0.1) is 16.8 Å². The van der Waals surface area contributed by atoms with Gasteiger partial charge in [0.15, 0.2) is 9.84 Å². The van der Waals surface area contributed by atoms with Gasteiger partial charge in [-0.3, -0.25) is 0 Å². The number of rotatable bonds is 4. The molecule has 0 bridgehead atoms. The Morgan fingerprint density at radius 1 is 1.31 bits per heavy atom. The zero-order chi connectivity index (χ0) is 11.6. The number of benzene rings is 1. The summed E-state index contributed by atoms with van der Waals surface area (Å²) in [4.78, 5) is 0.377. The van der Waals surface area contributed by atoms with E-state index in [0.29, 0.717) is 30.3 Å². The number of ether oxygens (including phenoxy) is 1. The molecule has 0 amide bonds. The van der Waals surface area contributed by atoms with Gasteiger partial charge in [0.1, 0.15) is 5.75 Å². The molecule has 0 unspecified atom stereocenters. The molecule has 0 radical (unpaired) electrons. The van der Waals surface area contributed by atoms with E-state index in [-0.39, 0.29) is 5.25 Å². The molecular weight excluding hydrogens is 226 g/mol. The molecule has 0 aromatic heterocycles. The summed E-state index contributed by atoms with van der Waals surface area (Å²) in [5.74, 6) is 0.702. The highest BCUT2D eigenvalue weighted by Crippen LogP contribution is 2.21. The normalized spacial score (nSPS) is 16.8. The summed E-state index contributed by atoms with van der Waals surface area (Å²) < 4.78 is 29.3. The standard InChI is InChI=1S/C11H15NO3S/c1-2-15-9-3-5-10(6-4-9)16(13,14)11-7-12-8-11/h3-6,11-12H,2,7-8H2,1H3. The van der Waals surface area contributed by atoms with Gasteiger partial charge in [-0.2, -0.15) is 0 Å². The molecule has 1 aromatic carbocycles. The van der Waals surface area contributed by atoms with E-state index in [2.05, 4.69) is 5.32 Å². The lowest BCUT2D eigenvalue weighted by atomic mass is 10.3. The molecule has 2 rings (SSSR count). The second-order valence-corrected chi connectivity index (χ2v) is 5.96. The van der Waals surface area contributed by atoms with Crippen molar-refractivity contribution in [3.05, 3.63) is 24.3 Å². The topological polar surface area (TPSA) is 55.4 Å². The van der Waals surface area contributed by atoms with Gasteiger partial charge >= 0.3 is 0 Å². The van der Waals surface area contributed by atoms with Gasteiger partial charge in [-0.15, -0.1) is 0 Å². The molecule has 1 aliphatic rings. The van der Waals surface area contributed by atoms with E-state index in [0.717, 1.165) is 0 Å². The van der Waals surface area contributed by atoms with E-state index < -0.39 is 9.84 Å². The second-order valence-electron chi connectivity index (χ2n) is 3.73. The summed E-state index contributed by atoms with van der Waals surface area (Å²) in [7, 11) is -3.15. The van der Waals surface area contributed by atoms with Gasteiger partial charge in [0.2, 0.25) is 0 Å². The van der Waals surface area contributed by atoms with E-state index in [1.54, 1.807) is 24.3 Å². The monoisotopic (exact) mass is 241 g/mol. The van der Waals surface area contributed by atoms with Crippen LogP contribution in [0.4, 0.5) is 0 Å². The number of hydrogen-bond acceptors (Lipinski definition) is 4. The first-order chi connectivity index (χ1) is 7.64. The van der Waals surface area contributed by atoms with Crippen LogP contribution >= 0.6 is 0 Å². The van der Waals surface area contributed by atoms with E-state index in [9.17, 15) is 8.42 Å². The predicted molar refractivity (Wildman–Crippen MR) is 61.5 cm³/mol. The quantitative estimate of drug-likeness (QED) is 0.848. The van der Waals surface area contributed by atoms with Gasteiger partial charge < -0.3 is 10.1 Å². The van der Waals surface area contributed by atoms with Gasteiger partial charge in [0, 0.05) is 13.1 Å². The zero-order valence-electron chi connectivity index (χ0n) is 9.14. The van der Waals surface area contributed by atoms with Crippen molar-refractivity contribution in [2.75, 3.05) is 19.7 Å². The van der Waals surface area contributed by atoms with Gasteiger partial charge in [-0.25, -0.2) is 8.42 Å². The van der Waals surface area contributed by atoms with Crippen molar-refractivity contribution in [3.8, 4) is 5.75 Å². The van der Waals surface area contributed by atoms with Crippen LogP contribution in [0.3, 0.4) is 0 Å². The van der Waals surface area contributed by atoms with Crippen LogP contribution in [-0.4, -0.2) is 33.4 Å². The molecule has 4 nitrogen and oxygen atoms in total. The molecule has 16 heavy (non-hydrogen) atoms. The molecule has 1 fully saturated rings. The average molecular weight is 241 g/mol. The summed E-state index contributed by atoms with van der Waals surface area (Å²) in [6.45, 7) is 3.58. The van der Waals surface area contributed by atoms with Gasteiger partial charge in [-0.05, 0) is 31.2 Å². The Balaban J connectivity index is 2.20. The molecule has 0 spiro atoms. The summed E-state index contributed by atoms with van der Waals surface area (Å²) in [6.07, 6.45) is 0. The molecule has 0 atom stereocenters. The molecule has 0 aliphatic carbocycles. The van der Waals surface area contributed by atoms with Crippen LogP contribution in [0.1, 0.15) is 6.92 Å². The van der Waals surface area contributed by atoms with Gasteiger partial charge in [-0.1, -0.05) is 0 Å². The Labute approximate surface area is 95.5 Å². The Kier molecular flexibility index (Phi) is 3.16.